The lowest BCUT2D eigenvalue weighted by molar-refractivity contribution is -0.139. The van der Waals surface area contributed by atoms with Gasteiger partial charge in [0.25, 0.3) is 5.91 Å². The van der Waals surface area contributed by atoms with Crippen LogP contribution < -0.4 is 10.1 Å². The molecule has 0 spiro atoms. The van der Waals surface area contributed by atoms with Crippen molar-refractivity contribution in [2.45, 2.75) is 32.2 Å². The van der Waals surface area contributed by atoms with E-state index in [1.807, 2.05) is 36.1 Å². The number of hydrogen-bond acceptors (Lipinski definition) is 4. The van der Waals surface area contributed by atoms with E-state index >= 15 is 0 Å². The van der Waals surface area contributed by atoms with E-state index in [1.54, 1.807) is 0 Å². The maximum atomic E-state index is 12.5. The van der Waals surface area contributed by atoms with Gasteiger partial charge in [0.15, 0.2) is 6.61 Å². The van der Waals surface area contributed by atoms with Crippen LogP contribution >= 0.6 is 0 Å². The Bertz CT molecular complexity index is 563. The first kappa shape index (κ1) is 16.3. The lowest BCUT2D eigenvalue weighted by Gasteiger charge is -2.50. The van der Waals surface area contributed by atoms with Crippen molar-refractivity contribution in [2.75, 3.05) is 32.8 Å². The van der Waals surface area contributed by atoms with Gasteiger partial charge in [0.05, 0.1) is 6.61 Å². The SMILES string of the molecule is Cc1cccc(OCC(=O)N2CC[C@H]3NCCC[C@]3(CO)C2)c1. The largest absolute Gasteiger partial charge is 0.484 e. The van der Waals surface area contributed by atoms with Crippen molar-refractivity contribution >= 4 is 5.91 Å². The summed E-state index contributed by atoms with van der Waals surface area (Å²) in [6, 6.07) is 8.05. The monoisotopic (exact) mass is 318 g/mol. The van der Waals surface area contributed by atoms with Crippen molar-refractivity contribution in [3.63, 3.8) is 0 Å². The van der Waals surface area contributed by atoms with Crippen molar-refractivity contribution in [3.05, 3.63) is 29.8 Å². The molecule has 0 bridgehead atoms. The summed E-state index contributed by atoms with van der Waals surface area (Å²) in [7, 11) is 0. The van der Waals surface area contributed by atoms with Gasteiger partial charge in [0.2, 0.25) is 0 Å². The average Bonchev–Trinajstić information content (AvgIpc) is 2.59. The molecule has 5 nitrogen and oxygen atoms in total. The molecule has 5 heteroatoms. The van der Waals surface area contributed by atoms with Crippen LogP contribution in [-0.4, -0.2) is 54.8 Å². The highest BCUT2D eigenvalue weighted by molar-refractivity contribution is 5.78. The molecule has 1 amide bonds. The fourth-order valence-corrected chi connectivity index (χ4v) is 3.84. The summed E-state index contributed by atoms with van der Waals surface area (Å²) in [4.78, 5) is 14.3. The Morgan fingerprint density at radius 3 is 3.17 bits per heavy atom. The van der Waals surface area contributed by atoms with E-state index in [0.717, 1.165) is 43.7 Å². The molecular formula is C18H26N2O3. The first-order valence-electron chi connectivity index (χ1n) is 8.44. The predicted molar refractivity (Wildman–Crippen MR) is 88.4 cm³/mol. The highest BCUT2D eigenvalue weighted by Crippen LogP contribution is 2.37. The Labute approximate surface area is 137 Å². The number of benzene rings is 1. The summed E-state index contributed by atoms with van der Waals surface area (Å²) in [5.74, 6) is 0.729. The number of rotatable bonds is 4. The number of aliphatic hydroxyl groups excluding tert-OH is 1. The summed E-state index contributed by atoms with van der Waals surface area (Å²) in [6.07, 6.45) is 2.93. The number of carbonyl (C=O) groups is 1. The van der Waals surface area contributed by atoms with Crippen LogP contribution in [0.2, 0.25) is 0 Å². The second-order valence-electron chi connectivity index (χ2n) is 6.84. The molecule has 0 unspecified atom stereocenters. The van der Waals surface area contributed by atoms with Crippen LogP contribution in [0.25, 0.3) is 0 Å². The molecule has 2 fully saturated rings. The van der Waals surface area contributed by atoms with Gasteiger partial charge in [0.1, 0.15) is 5.75 Å². The molecule has 2 aliphatic heterocycles. The third-order valence-electron chi connectivity index (χ3n) is 5.19. The van der Waals surface area contributed by atoms with Crippen LogP contribution in [-0.2, 0) is 4.79 Å². The van der Waals surface area contributed by atoms with Crippen LogP contribution in [0.15, 0.2) is 24.3 Å². The number of likely N-dealkylation sites (tertiary alicyclic amines) is 1. The molecule has 1 aromatic carbocycles. The standard InChI is InChI=1S/C18H26N2O3/c1-14-4-2-5-15(10-14)23-11-17(22)20-9-6-16-18(12-20,13-21)7-3-8-19-16/h2,4-5,10,16,19,21H,3,6-9,11-13H2,1H3/t16-,18-/m1/s1. The summed E-state index contributed by atoms with van der Waals surface area (Å²) in [6.45, 7) is 4.56. The second kappa shape index (κ2) is 6.89. The van der Waals surface area contributed by atoms with E-state index < -0.39 is 0 Å². The van der Waals surface area contributed by atoms with Gasteiger partial charge < -0.3 is 20.1 Å². The lowest BCUT2D eigenvalue weighted by atomic mass is 9.71. The van der Waals surface area contributed by atoms with Gasteiger partial charge in [-0.15, -0.1) is 0 Å². The molecule has 0 aromatic heterocycles. The number of carbonyl (C=O) groups excluding carboxylic acids is 1. The number of piperidine rings is 2. The zero-order valence-corrected chi connectivity index (χ0v) is 13.8. The minimum atomic E-state index is -0.185. The van der Waals surface area contributed by atoms with Gasteiger partial charge in [-0.3, -0.25) is 4.79 Å². The van der Waals surface area contributed by atoms with Gasteiger partial charge in [-0.25, -0.2) is 0 Å². The molecule has 1 aromatic rings. The Morgan fingerprint density at radius 2 is 2.39 bits per heavy atom. The zero-order valence-electron chi connectivity index (χ0n) is 13.8. The van der Waals surface area contributed by atoms with E-state index in [2.05, 4.69) is 5.32 Å². The van der Waals surface area contributed by atoms with Crippen molar-refractivity contribution in [1.82, 2.24) is 10.2 Å². The Hall–Kier alpha value is -1.59. The molecule has 2 aliphatic rings. The summed E-state index contributed by atoms with van der Waals surface area (Å²) >= 11 is 0. The third kappa shape index (κ3) is 3.51. The van der Waals surface area contributed by atoms with Crippen LogP contribution in [0.4, 0.5) is 0 Å². The molecule has 2 atom stereocenters. The maximum absolute atomic E-state index is 12.5. The van der Waals surface area contributed by atoms with E-state index in [9.17, 15) is 9.90 Å². The van der Waals surface area contributed by atoms with Crippen LogP contribution in [0.5, 0.6) is 5.75 Å². The van der Waals surface area contributed by atoms with Gasteiger partial charge >= 0.3 is 0 Å². The number of nitrogens with one attached hydrogen (secondary N) is 1. The fourth-order valence-electron chi connectivity index (χ4n) is 3.84. The lowest BCUT2D eigenvalue weighted by Crippen LogP contribution is -2.62. The van der Waals surface area contributed by atoms with Crippen LogP contribution in [0.1, 0.15) is 24.8 Å². The predicted octanol–water partition coefficient (Wildman–Crippen LogP) is 1.34. The van der Waals surface area contributed by atoms with E-state index in [1.165, 1.54) is 0 Å². The topological polar surface area (TPSA) is 61.8 Å². The van der Waals surface area contributed by atoms with Gasteiger partial charge in [-0.05, 0) is 50.4 Å². The average molecular weight is 318 g/mol. The summed E-state index contributed by atoms with van der Waals surface area (Å²) in [5.41, 5.74) is 0.929. The smallest absolute Gasteiger partial charge is 0.260 e. The quantitative estimate of drug-likeness (QED) is 0.879. The Balaban J connectivity index is 1.59. The summed E-state index contributed by atoms with van der Waals surface area (Å²) in [5, 5.41) is 13.4. The molecule has 0 aliphatic carbocycles. The highest BCUT2D eigenvalue weighted by Gasteiger charge is 2.45. The molecule has 126 valence electrons. The molecule has 3 rings (SSSR count). The van der Waals surface area contributed by atoms with E-state index in [0.29, 0.717) is 12.6 Å². The normalized spacial score (nSPS) is 27.4. The number of amides is 1. The van der Waals surface area contributed by atoms with Crippen molar-refractivity contribution in [2.24, 2.45) is 5.41 Å². The van der Waals surface area contributed by atoms with E-state index in [-0.39, 0.29) is 24.5 Å². The fraction of sp³-hybridized carbons (Fsp3) is 0.611. The van der Waals surface area contributed by atoms with Gasteiger partial charge in [-0.2, -0.15) is 0 Å². The molecule has 2 N–H and O–H groups in total. The van der Waals surface area contributed by atoms with Crippen molar-refractivity contribution < 1.29 is 14.6 Å². The minimum Gasteiger partial charge on any atom is -0.484 e. The van der Waals surface area contributed by atoms with Gasteiger partial charge in [0, 0.05) is 24.5 Å². The molecule has 0 saturated carbocycles. The molecule has 23 heavy (non-hydrogen) atoms. The number of fused-ring (bicyclic) bond motifs is 1. The third-order valence-corrected chi connectivity index (χ3v) is 5.19. The maximum Gasteiger partial charge on any atom is 0.260 e. The van der Waals surface area contributed by atoms with Crippen LogP contribution in [0.3, 0.4) is 0 Å². The molecular weight excluding hydrogens is 292 g/mol. The van der Waals surface area contributed by atoms with Crippen molar-refractivity contribution in [1.29, 1.82) is 0 Å². The number of aryl methyl sites for hydroxylation is 1. The van der Waals surface area contributed by atoms with Gasteiger partial charge in [-0.1, -0.05) is 12.1 Å². The van der Waals surface area contributed by atoms with E-state index in [4.69, 9.17) is 4.74 Å². The summed E-state index contributed by atoms with van der Waals surface area (Å²) < 4.78 is 5.64. The Morgan fingerprint density at radius 1 is 1.52 bits per heavy atom. The first-order chi connectivity index (χ1) is 11.1. The zero-order chi connectivity index (χ0) is 16.3. The Kier molecular flexibility index (Phi) is 4.87. The molecule has 2 saturated heterocycles. The second-order valence-corrected chi connectivity index (χ2v) is 6.84. The first-order valence-corrected chi connectivity index (χ1v) is 8.44. The minimum absolute atomic E-state index is 0.00311. The number of hydrogen-bond donors (Lipinski definition) is 2. The number of ether oxygens (including phenoxy) is 1. The molecule has 0 radical (unpaired) electrons. The van der Waals surface area contributed by atoms with Crippen molar-refractivity contribution in [3.8, 4) is 5.75 Å². The van der Waals surface area contributed by atoms with Crippen LogP contribution in [0, 0.1) is 12.3 Å². The molecule has 2 heterocycles. The number of aliphatic hydroxyl groups is 1. The highest BCUT2D eigenvalue weighted by atomic mass is 16.5. The number of nitrogens with zero attached hydrogens (tertiary/aromatic N) is 1.